The Balaban J connectivity index is 1.62. The van der Waals surface area contributed by atoms with Crippen molar-refractivity contribution in [3.05, 3.63) is 24.0 Å². The molecule has 2 aliphatic rings. The van der Waals surface area contributed by atoms with Crippen molar-refractivity contribution >= 4 is 0 Å². The van der Waals surface area contributed by atoms with Gasteiger partial charge in [0.1, 0.15) is 5.75 Å². The quantitative estimate of drug-likeness (QED) is 0.839. The molecule has 1 atom stereocenters. The molecule has 1 unspecified atom stereocenters. The van der Waals surface area contributed by atoms with Crippen LogP contribution in [0.25, 0.3) is 0 Å². The summed E-state index contributed by atoms with van der Waals surface area (Å²) in [7, 11) is 0. The zero-order valence-electron chi connectivity index (χ0n) is 11.9. The van der Waals surface area contributed by atoms with E-state index >= 15 is 0 Å². The molecule has 0 amide bonds. The molecule has 1 aliphatic carbocycles. The van der Waals surface area contributed by atoms with Crippen molar-refractivity contribution in [1.29, 1.82) is 0 Å². The summed E-state index contributed by atoms with van der Waals surface area (Å²) in [6, 6.07) is 2.36. The lowest BCUT2D eigenvalue weighted by Crippen LogP contribution is -2.19. The lowest BCUT2D eigenvalue weighted by atomic mass is 9.98. The number of ether oxygens (including phenoxy) is 1. The number of nitrogens with one attached hydrogen (secondary N) is 1. The third-order valence-corrected chi connectivity index (χ3v) is 4.02. The summed E-state index contributed by atoms with van der Waals surface area (Å²) < 4.78 is 6.02. The van der Waals surface area contributed by atoms with Crippen LogP contribution >= 0.6 is 0 Å². The predicted octanol–water partition coefficient (Wildman–Crippen LogP) is 2.90. The van der Waals surface area contributed by atoms with Gasteiger partial charge < -0.3 is 10.1 Å². The average Bonchev–Trinajstić information content (AvgIpc) is 3.00. The topological polar surface area (TPSA) is 34.2 Å². The summed E-state index contributed by atoms with van der Waals surface area (Å²) in [4.78, 5) is 4.25. The van der Waals surface area contributed by atoms with Crippen molar-refractivity contribution in [3.63, 3.8) is 0 Å². The molecule has 1 aromatic rings. The Bertz CT molecular complexity index is 491. The fraction of sp³-hybridized carbons (Fsp3) is 0.588. The van der Waals surface area contributed by atoms with Crippen molar-refractivity contribution in [1.82, 2.24) is 10.3 Å². The van der Waals surface area contributed by atoms with Gasteiger partial charge in [-0.05, 0) is 51.1 Å². The second-order valence-corrected chi connectivity index (χ2v) is 5.71. The smallest absolute Gasteiger partial charge is 0.139 e. The van der Waals surface area contributed by atoms with Crippen molar-refractivity contribution in [2.45, 2.75) is 57.1 Å². The van der Waals surface area contributed by atoms with E-state index in [0.717, 1.165) is 24.3 Å². The van der Waals surface area contributed by atoms with Crippen LogP contribution in [0.3, 0.4) is 0 Å². The lowest BCUT2D eigenvalue weighted by molar-refractivity contribution is 0.154. The van der Waals surface area contributed by atoms with Crippen molar-refractivity contribution in [2.24, 2.45) is 0 Å². The van der Waals surface area contributed by atoms with Gasteiger partial charge in [0.2, 0.25) is 0 Å². The minimum Gasteiger partial charge on any atom is -0.489 e. The third-order valence-electron chi connectivity index (χ3n) is 4.02. The van der Waals surface area contributed by atoms with E-state index in [-0.39, 0.29) is 0 Å². The van der Waals surface area contributed by atoms with E-state index < -0.39 is 0 Å². The van der Waals surface area contributed by atoms with Crippen LogP contribution in [-0.2, 0) is 0 Å². The van der Waals surface area contributed by atoms with E-state index in [4.69, 9.17) is 4.74 Å². The predicted molar refractivity (Wildman–Crippen MR) is 79.6 cm³/mol. The number of hydrogen-bond donors (Lipinski definition) is 1. The molecule has 106 valence electrons. The van der Waals surface area contributed by atoms with Gasteiger partial charge in [0.25, 0.3) is 0 Å². The molecule has 0 aromatic carbocycles. The molecule has 2 fully saturated rings. The molecule has 1 aromatic heterocycles. The van der Waals surface area contributed by atoms with E-state index in [1.807, 2.05) is 12.3 Å². The average molecular weight is 270 g/mol. The maximum absolute atomic E-state index is 6.02. The van der Waals surface area contributed by atoms with Gasteiger partial charge in [-0.2, -0.15) is 0 Å². The van der Waals surface area contributed by atoms with Crippen LogP contribution < -0.4 is 10.1 Å². The summed E-state index contributed by atoms with van der Waals surface area (Å²) in [5, 5.41) is 3.38. The van der Waals surface area contributed by atoms with Crippen LogP contribution in [0.2, 0.25) is 0 Å². The molecular formula is C17H22N2O. The van der Waals surface area contributed by atoms with Crippen LogP contribution in [-0.4, -0.2) is 23.7 Å². The highest BCUT2D eigenvalue weighted by atomic mass is 16.5. The van der Waals surface area contributed by atoms with Gasteiger partial charge >= 0.3 is 0 Å². The van der Waals surface area contributed by atoms with Crippen molar-refractivity contribution < 1.29 is 4.74 Å². The summed E-state index contributed by atoms with van der Waals surface area (Å²) in [5.41, 5.74) is 0.951. The van der Waals surface area contributed by atoms with Gasteiger partial charge in [-0.1, -0.05) is 18.3 Å². The molecule has 0 bridgehead atoms. The fourth-order valence-electron chi connectivity index (χ4n) is 2.91. The van der Waals surface area contributed by atoms with E-state index in [1.165, 1.54) is 38.5 Å². The number of aromatic nitrogens is 1. The minimum absolute atomic E-state index is 0.345. The van der Waals surface area contributed by atoms with Crippen LogP contribution in [0.1, 0.15) is 50.5 Å². The fourth-order valence-corrected chi connectivity index (χ4v) is 2.91. The van der Waals surface area contributed by atoms with Gasteiger partial charge in [-0.25, -0.2) is 0 Å². The van der Waals surface area contributed by atoms with Crippen molar-refractivity contribution in [2.75, 3.05) is 6.54 Å². The molecule has 1 N–H and O–H groups in total. The van der Waals surface area contributed by atoms with Gasteiger partial charge in [0.15, 0.2) is 0 Å². The normalized spacial score (nSPS) is 23.1. The van der Waals surface area contributed by atoms with E-state index in [9.17, 15) is 0 Å². The Morgan fingerprint density at radius 1 is 1.10 bits per heavy atom. The molecule has 1 aliphatic heterocycles. The third kappa shape index (κ3) is 3.74. The monoisotopic (exact) mass is 270 g/mol. The zero-order valence-corrected chi connectivity index (χ0v) is 11.9. The number of hydrogen-bond acceptors (Lipinski definition) is 3. The molecule has 1 saturated heterocycles. The second kappa shape index (κ2) is 6.76. The number of pyridine rings is 1. The van der Waals surface area contributed by atoms with Gasteiger partial charge in [-0.3, -0.25) is 4.98 Å². The van der Waals surface area contributed by atoms with Crippen LogP contribution in [0.4, 0.5) is 0 Å². The molecule has 20 heavy (non-hydrogen) atoms. The first-order valence-electron chi connectivity index (χ1n) is 7.77. The number of rotatable bonds is 2. The standard InChI is InChI=1S/C17H22N2O/c1-2-6-16(7-3-1)20-17-11-14(12-18-13-17)8-9-15-5-4-10-19-15/h11-13,15-16,19H,1-7,10H2. The maximum atomic E-state index is 6.02. The summed E-state index contributed by atoms with van der Waals surface area (Å²) >= 11 is 0. The Labute approximate surface area is 121 Å². The Hall–Kier alpha value is -1.53. The van der Waals surface area contributed by atoms with Gasteiger partial charge in [0.05, 0.1) is 18.3 Å². The summed E-state index contributed by atoms with van der Waals surface area (Å²) in [6.07, 6.45) is 12.6. The largest absolute Gasteiger partial charge is 0.489 e. The van der Waals surface area contributed by atoms with Crippen molar-refractivity contribution in [3.8, 4) is 17.6 Å². The minimum atomic E-state index is 0.345. The summed E-state index contributed by atoms with van der Waals surface area (Å²) in [5.74, 6) is 7.35. The molecule has 1 saturated carbocycles. The lowest BCUT2D eigenvalue weighted by Gasteiger charge is -2.22. The molecular weight excluding hydrogens is 248 g/mol. The highest BCUT2D eigenvalue weighted by molar-refractivity contribution is 5.37. The van der Waals surface area contributed by atoms with E-state index in [0.29, 0.717) is 12.1 Å². The highest BCUT2D eigenvalue weighted by Crippen LogP contribution is 2.23. The first-order chi connectivity index (χ1) is 9.90. The summed E-state index contributed by atoms with van der Waals surface area (Å²) in [6.45, 7) is 1.09. The van der Waals surface area contributed by atoms with E-state index in [2.05, 4.69) is 22.1 Å². The van der Waals surface area contributed by atoms with E-state index in [1.54, 1.807) is 6.20 Å². The molecule has 3 heteroatoms. The SMILES string of the molecule is C(#CC1CCCN1)c1cncc(OC2CCCCC2)c1. The Kier molecular flexibility index (Phi) is 4.55. The molecule has 0 spiro atoms. The van der Waals surface area contributed by atoms with Crippen LogP contribution in [0.15, 0.2) is 18.5 Å². The Morgan fingerprint density at radius 2 is 2.00 bits per heavy atom. The zero-order chi connectivity index (χ0) is 13.6. The Morgan fingerprint density at radius 3 is 2.80 bits per heavy atom. The number of nitrogens with zero attached hydrogens (tertiary/aromatic N) is 1. The molecule has 0 radical (unpaired) electrons. The van der Waals surface area contributed by atoms with Crippen LogP contribution in [0, 0.1) is 11.8 Å². The molecule has 2 heterocycles. The molecule has 3 nitrogen and oxygen atoms in total. The maximum Gasteiger partial charge on any atom is 0.139 e. The van der Waals surface area contributed by atoms with Gasteiger partial charge in [0, 0.05) is 11.8 Å². The van der Waals surface area contributed by atoms with Gasteiger partial charge in [-0.15, -0.1) is 0 Å². The molecule has 3 rings (SSSR count). The van der Waals surface area contributed by atoms with Crippen LogP contribution in [0.5, 0.6) is 5.75 Å². The first kappa shape index (κ1) is 13.5. The first-order valence-corrected chi connectivity index (χ1v) is 7.77. The highest BCUT2D eigenvalue weighted by Gasteiger charge is 2.15. The second-order valence-electron chi connectivity index (χ2n) is 5.71.